The summed E-state index contributed by atoms with van der Waals surface area (Å²) in [5, 5.41) is 4.06. The summed E-state index contributed by atoms with van der Waals surface area (Å²) in [6.45, 7) is 2.11. The average Bonchev–Trinajstić information content (AvgIpc) is 2.82. The van der Waals surface area contributed by atoms with Gasteiger partial charge in [-0.15, -0.1) is 11.3 Å². The summed E-state index contributed by atoms with van der Waals surface area (Å²) >= 11 is 7.69. The van der Waals surface area contributed by atoms with Crippen molar-refractivity contribution in [2.45, 2.75) is 13.3 Å². The Hall–Kier alpha value is -1.24. The minimum Gasteiger partial charge on any atom is -0.275 e. The van der Waals surface area contributed by atoms with Crippen molar-refractivity contribution < 1.29 is 0 Å². The molecule has 4 heteroatoms. The van der Waals surface area contributed by atoms with Gasteiger partial charge in [-0.1, -0.05) is 30.4 Å². The van der Waals surface area contributed by atoms with Gasteiger partial charge in [0.2, 0.25) is 0 Å². The summed E-state index contributed by atoms with van der Waals surface area (Å²) in [7, 11) is 1.87. The first-order chi connectivity index (χ1) is 7.69. The molecule has 0 saturated heterocycles. The minimum absolute atomic E-state index is 0.772. The quantitative estimate of drug-likeness (QED) is 0.712. The molecule has 0 aliphatic heterocycles. The van der Waals surface area contributed by atoms with E-state index in [4.69, 9.17) is 11.6 Å². The number of nitrogens with zero attached hydrogens (tertiary/aromatic N) is 2. The van der Waals surface area contributed by atoms with E-state index in [1.165, 1.54) is 4.88 Å². The first kappa shape index (κ1) is 11.3. The van der Waals surface area contributed by atoms with E-state index in [2.05, 4.69) is 29.9 Å². The lowest BCUT2D eigenvalue weighted by atomic mass is 10.2. The van der Waals surface area contributed by atoms with Gasteiger partial charge in [0.15, 0.2) is 0 Å². The molecule has 2 rings (SSSR count). The van der Waals surface area contributed by atoms with E-state index in [9.17, 15) is 0 Å². The van der Waals surface area contributed by atoms with E-state index in [-0.39, 0.29) is 0 Å². The minimum atomic E-state index is 0.772. The molecule has 0 N–H and O–H groups in total. The van der Waals surface area contributed by atoms with Crippen LogP contribution in [0.15, 0.2) is 18.5 Å². The Kier molecular flexibility index (Phi) is 3.33. The Labute approximate surface area is 104 Å². The molecule has 0 unspecified atom stereocenters. The molecule has 2 aromatic heterocycles. The SMILES string of the molecule is CCc1cc(C#Cc2cnn(C)c2)c(Cl)s1. The zero-order chi connectivity index (χ0) is 11.5. The van der Waals surface area contributed by atoms with Crippen molar-refractivity contribution in [2.24, 2.45) is 7.05 Å². The number of rotatable bonds is 1. The second-order valence-corrected chi connectivity index (χ2v) is 5.15. The van der Waals surface area contributed by atoms with Gasteiger partial charge in [-0.2, -0.15) is 5.10 Å². The fraction of sp³-hybridized carbons (Fsp3) is 0.250. The first-order valence-electron chi connectivity index (χ1n) is 4.98. The van der Waals surface area contributed by atoms with E-state index in [1.54, 1.807) is 22.2 Å². The van der Waals surface area contributed by atoms with Gasteiger partial charge in [0.1, 0.15) is 4.34 Å². The third-order valence-electron chi connectivity index (χ3n) is 2.13. The van der Waals surface area contributed by atoms with Crippen molar-refractivity contribution in [3.8, 4) is 11.8 Å². The highest BCUT2D eigenvalue weighted by atomic mass is 35.5. The topological polar surface area (TPSA) is 17.8 Å². The van der Waals surface area contributed by atoms with Gasteiger partial charge >= 0.3 is 0 Å². The Bertz CT molecular complexity index is 557. The van der Waals surface area contributed by atoms with E-state index in [0.29, 0.717) is 0 Å². The van der Waals surface area contributed by atoms with Crippen LogP contribution in [-0.4, -0.2) is 9.78 Å². The molecule has 0 saturated carbocycles. The van der Waals surface area contributed by atoms with E-state index in [0.717, 1.165) is 21.9 Å². The van der Waals surface area contributed by atoms with E-state index in [1.807, 2.05) is 13.2 Å². The third kappa shape index (κ3) is 2.46. The largest absolute Gasteiger partial charge is 0.275 e. The highest BCUT2D eigenvalue weighted by molar-refractivity contribution is 7.16. The fourth-order valence-corrected chi connectivity index (χ4v) is 2.47. The highest BCUT2D eigenvalue weighted by Gasteiger charge is 2.02. The summed E-state index contributed by atoms with van der Waals surface area (Å²) in [5.74, 6) is 6.12. The maximum atomic E-state index is 6.09. The molecule has 0 aromatic carbocycles. The fourth-order valence-electron chi connectivity index (χ4n) is 1.30. The molecule has 0 amide bonds. The second kappa shape index (κ2) is 4.73. The van der Waals surface area contributed by atoms with Crippen molar-refractivity contribution in [2.75, 3.05) is 0 Å². The Morgan fingerprint density at radius 1 is 1.50 bits per heavy atom. The van der Waals surface area contributed by atoms with Crippen LogP contribution in [0.5, 0.6) is 0 Å². The first-order valence-corrected chi connectivity index (χ1v) is 6.17. The maximum absolute atomic E-state index is 6.09. The molecule has 0 spiro atoms. The molecule has 82 valence electrons. The zero-order valence-electron chi connectivity index (χ0n) is 9.12. The lowest BCUT2D eigenvalue weighted by Gasteiger charge is -1.82. The number of aryl methyl sites for hydroxylation is 2. The summed E-state index contributed by atoms with van der Waals surface area (Å²) in [6, 6.07) is 2.05. The third-order valence-corrected chi connectivity index (χ3v) is 3.64. The van der Waals surface area contributed by atoms with E-state index < -0.39 is 0 Å². The van der Waals surface area contributed by atoms with Gasteiger partial charge in [-0.3, -0.25) is 4.68 Å². The summed E-state index contributed by atoms with van der Waals surface area (Å²) in [5.41, 5.74) is 1.81. The van der Waals surface area contributed by atoms with Crippen LogP contribution < -0.4 is 0 Å². The Morgan fingerprint density at radius 2 is 2.31 bits per heavy atom. The van der Waals surface area contributed by atoms with Crippen LogP contribution >= 0.6 is 22.9 Å². The molecule has 0 fully saturated rings. The van der Waals surface area contributed by atoms with Crippen LogP contribution in [0, 0.1) is 11.8 Å². The maximum Gasteiger partial charge on any atom is 0.109 e. The number of halogens is 1. The average molecular weight is 251 g/mol. The molecule has 0 aliphatic rings. The van der Waals surface area contributed by atoms with Gasteiger partial charge in [0.25, 0.3) is 0 Å². The van der Waals surface area contributed by atoms with Crippen LogP contribution in [0.3, 0.4) is 0 Å². The van der Waals surface area contributed by atoms with Gasteiger partial charge in [0, 0.05) is 18.1 Å². The van der Waals surface area contributed by atoms with Crippen LogP contribution in [0.1, 0.15) is 22.9 Å². The summed E-state index contributed by atoms with van der Waals surface area (Å²) in [4.78, 5) is 1.26. The Balaban J connectivity index is 2.26. The molecule has 0 aliphatic carbocycles. The van der Waals surface area contributed by atoms with Gasteiger partial charge in [-0.25, -0.2) is 0 Å². The van der Waals surface area contributed by atoms with Gasteiger partial charge in [-0.05, 0) is 12.5 Å². The normalized spacial score (nSPS) is 9.94. The van der Waals surface area contributed by atoms with Crippen molar-refractivity contribution in [3.05, 3.63) is 38.8 Å². The second-order valence-electron chi connectivity index (χ2n) is 3.41. The number of hydrogen-bond acceptors (Lipinski definition) is 2. The molecular weight excluding hydrogens is 240 g/mol. The summed E-state index contributed by atoms with van der Waals surface area (Å²) in [6.07, 6.45) is 4.63. The smallest absolute Gasteiger partial charge is 0.109 e. The summed E-state index contributed by atoms with van der Waals surface area (Å²) < 4.78 is 2.50. The Morgan fingerprint density at radius 3 is 2.88 bits per heavy atom. The molecule has 16 heavy (non-hydrogen) atoms. The molecule has 0 radical (unpaired) electrons. The molecule has 0 atom stereocenters. The standard InChI is InChI=1S/C12H11ClN2S/c1-3-11-6-10(12(13)16-11)5-4-9-7-14-15(2)8-9/h6-8H,3H2,1-2H3. The number of thiophene rings is 1. The predicted molar refractivity (Wildman–Crippen MR) is 67.9 cm³/mol. The number of hydrogen-bond donors (Lipinski definition) is 0. The van der Waals surface area contributed by atoms with Crippen LogP contribution in [-0.2, 0) is 13.5 Å². The van der Waals surface area contributed by atoms with Crippen LogP contribution in [0.4, 0.5) is 0 Å². The predicted octanol–water partition coefficient (Wildman–Crippen LogP) is 3.10. The monoisotopic (exact) mass is 250 g/mol. The van der Waals surface area contributed by atoms with Crippen molar-refractivity contribution in [1.82, 2.24) is 9.78 Å². The van der Waals surface area contributed by atoms with Gasteiger partial charge < -0.3 is 0 Å². The molecule has 2 heterocycles. The lowest BCUT2D eigenvalue weighted by molar-refractivity contribution is 0.767. The lowest BCUT2D eigenvalue weighted by Crippen LogP contribution is -1.83. The molecule has 0 bridgehead atoms. The van der Waals surface area contributed by atoms with Crippen LogP contribution in [0.2, 0.25) is 4.34 Å². The van der Waals surface area contributed by atoms with Crippen molar-refractivity contribution >= 4 is 22.9 Å². The highest BCUT2D eigenvalue weighted by Crippen LogP contribution is 2.27. The molecule has 2 aromatic rings. The number of aromatic nitrogens is 2. The van der Waals surface area contributed by atoms with Crippen LogP contribution in [0.25, 0.3) is 0 Å². The van der Waals surface area contributed by atoms with E-state index >= 15 is 0 Å². The molecular formula is C12H11ClN2S. The zero-order valence-corrected chi connectivity index (χ0v) is 10.7. The van der Waals surface area contributed by atoms with Crippen molar-refractivity contribution in [3.63, 3.8) is 0 Å². The molecule has 2 nitrogen and oxygen atoms in total. The van der Waals surface area contributed by atoms with Crippen molar-refractivity contribution in [1.29, 1.82) is 0 Å². The van der Waals surface area contributed by atoms with Gasteiger partial charge in [0.05, 0.1) is 17.3 Å².